The molecule has 2 atom stereocenters. The highest BCUT2D eigenvalue weighted by molar-refractivity contribution is 6.90. The molecule has 1 aliphatic rings. The largest absolute Gasteiger partial charge is 0.417 e. The zero-order chi connectivity index (χ0) is 20.6. The van der Waals surface area contributed by atoms with Crippen molar-refractivity contribution < 1.29 is 4.43 Å². The molecule has 0 bridgehead atoms. The predicted molar refractivity (Wildman–Crippen MR) is 123 cm³/mol. The first kappa shape index (κ1) is 24.0. The minimum absolute atomic E-state index is 0.244. The molecule has 0 radical (unpaired) electrons. The van der Waals surface area contributed by atoms with Gasteiger partial charge in [-0.2, -0.15) is 0 Å². The van der Waals surface area contributed by atoms with E-state index < -0.39 is 16.4 Å². The van der Waals surface area contributed by atoms with Crippen molar-refractivity contribution in [1.29, 1.82) is 0 Å². The molecule has 3 heteroatoms. The third kappa shape index (κ3) is 5.06. The zero-order valence-corrected chi connectivity index (χ0v) is 21.8. The SMILES string of the molecule is CC(C)[Si](C#C[C@@]1(C)C[C@@H]1CCO[Si](C)(C)C(C)(C)C)(C(C)C)C(C)C. The van der Waals surface area contributed by atoms with Crippen LogP contribution in [0, 0.1) is 22.8 Å². The van der Waals surface area contributed by atoms with Gasteiger partial charge in [0.2, 0.25) is 0 Å². The lowest BCUT2D eigenvalue weighted by atomic mass is 10.1. The Hall–Kier alpha value is -0.0462. The quantitative estimate of drug-likeness (QED) is 0.318. The third-order valence-corrected chi connectivity index (χ3v) is 18.4. The summed E-state index contributed by atoms with van der Waals surface area (Å²) in [5.41, 5.74) is 6.36. The summed E-state index contributed by atoms with van der Waals surface area (Å²) >= 11 is 0. The summed E-state index contributed by atoms with van der Waals surface area (Å²) in [5.74, 6) is 4.55. The second kappa shape index (κ2) is 8.13. The fraction of sp³-hybridized carbons (Fsp3) is 0.913. The van der Waals surface area contributed by atoms with Gasteiger partial charge >= 0.3 is 0 Å². The first-order valence-corrected chi connectivity index (χ1v) is 15.9. The third-order valence-electron chi connectivity index (χ3n) is 7.58. The van der Waals surface area contributed by atoms with Crippen LogP contribution in [0.3, 0.4) is 0 Å². The van der Waals surface area contributed by atoms with E-state index in [0.29, 0.717) is 5.04 Å². The van der Waals surface area contributed by atoms with Gasteiger partial charge in [-0.3, -0.25) is 0 Å². The first-order chi connectivity index (χ1) is 11.6. The maximum absolute atomic E-state index is 6.40. The van der Waals surface area contributed by atoms with E-state index in [4.69, 9.17) is 4.43 Å². The van der Waals surface area contributed by atoms with Gasteiger partial charge in [-0.1, -0.05) is 62.3 Å². The van der Waals surface area contributed by atoms with Crippen LogP contribution < -0.4 is 0 Å². The van der Waals surface area contributed by atoms with Gasteiger partial charge in [-0.25, -0.2) is 0 Å². The Balaban J connectivity index is 2.76. The average molecular weight is 395 g/mol. The molecule has 0 saturated heterocycles. The maximum Gasteiger partial charge on any atom is 0.191 e. The molecule has 0 aromatic rings. The highest BCUT2D eigenvalue weighted by Crippen LogP contribution is 2.54. The summed E-state index contributed by atoms with van der Waals surface area (Å²) < 4.78 is 6.40. The van der Waals surface area contributed by atoms with E-state index in [-0.39, 0.29) is 5.41 Å². The lowest BCUT2D eigenvalue weighted by molar-refractivity contribution is 0.270. The number of hydrogen-bond donors (Lipinski definition) is 0. The van der Waals surface area contributed by atoms with E-state index in [1.54, 1.807) is 0 Å². The van der Waals surface area contributed by atoms with Gasteiger partial charge < -0.3 is 4.43 Å². The standard InChI is InChI=1S/C23H46OSi2/c1-18(2)26(19(3)4,20(5)6)16-14-23(10)17-21(23)13-15-24-25(11,12)22(7,8)9/h18-21H,13,15,17H2,1-12H3/t21-,23-/m0/s1. The summed E-state index contributed by atoms with van der Waals surface area (Å²) in [6, 6.07) is 0. The molecule has 26 heavy (non-hydrogen) atoms. The van der Waals surface area contributed by atoms with E-state index >= 15 is 0 Å². The fourth-order valence-corrected chi connectivity index (χ4v) is 10.8. The lowest BCUT2D eigenvalue weighted by Crippen LogP contribution is -2.43. The van der Waals surface area contributed by atoms with Crippen molar-refractivity contribution >= 4 is 16.4 Å². The van der Waals surface area contributed by atoms with Crippen LogP contribution in [0.2, 0.25) is 34.8 Å². The van der Waals surface area contributed by atoms with Crippen LogP contribution in [0.1, 0.15) is 82.1 Å². The van der Waals surface area contributed by atoms with E-state index in [1.165, 1.54) is 12.8 Å². The molecule has 0 N–H and O–H groups in total. The zero-order valence-electron chi connectivity index (χ0n) is 19.8. The minimum atomic E-state index is -1.61. The number of rotatable bonds is 7. The normalized spacial score (nSPS) is 24.2. The van der Waals surface area contributed by atoms with E-state index in [2.05, 4.69) is 93.8 Å². The molecule has 1 fully saturated rings. The van der Waals surface area contributed by atoms with Gasteiger partial charge in [0.25, 0.3) is 0 Å². The molecule has 0 heterocycles. The van der Waals surface area contributed by atoms with Crippen molar-refractivity contribution in [2.24, 2.45) is 11.3 Å². The van der Waals surface area contributed by atoms with Crippen molar-refractivity contribution in [1.82, 2.24) is 0 Å². The van der Waals surface area contributed by atoms with Gasteiger partial charge in [0, 0.05) is 12.0 Å². The molecular formula is C23H46OSi2. The Bertz CT molecular complexity index is 509. The summed E-state index contributed by atoms with van der Waals surface area (Å²) in [4.78, 5) is 0. The summed E-state index contributed by atoms with van der Waals surface area (Å²) in [7, 11) is -3.21. The lowest BCUT2D eigenvalue weighted by Gasteiger charge is -2.38. The Labute approximate surface area is 167 Å². The Morgan fingerprint density at radius 2 is 1.46 bits per heavy atom. The molecule has 0 amide bonds. The molecule has 1 saturated carbocycles. The second-order valence-electron chi connectivity index (χ2n) is 11.4. The van der Waals surface area contributed by atoms with Gasteiger partial charge in [-0.05, 0) is 60.4 Å². The highest BCUT2D eigenvalue weighted by Gasteiger charge is 2.50. The fourth-order valence-electron chi connectivity index (χ4n) is 4.38. The second-order valence-corrected chi connectivity index (χ2v) is 21.8. The molecule has 1 aliphatic carbocycles. The van der Waals surface area contributed by atoms with Crippen LogP contribution >= 0.6 is 0 Å². The Morgan fingerprint density at radius 3 is 1.85 bits per heavy atom. The predicted octanol–water partition coefficient (Wildman–Crippen LogP) is 7.65. The molecule has 1 nitrogen and oxygen atoms in total. The monoisotopic (exact) mass is 394 g/mol. The van der Waals surface area contributed by atoms with Crippen molar-refractivity contribution in [3.05, 3.63) is 0 Å². The van der Waals surface area contributed by atoms with Gasteiger partial charge in [-0.15, -0.1) is 11.5 Å². The van der Waals surface area contributed by atoms with Crippen LogP contribution in [0.25, 0.3) is 0 Å². The van der Waals surface area contributed by atoms with E-state index in [9.17, 15) is 0 Å². The maximum atomic E-state index is 6.40. The van der Waals surface area contributed by atoms with Crippen LogP contribution in [0.15, 0.2) is 0 Å². The Kier molecular flexibility index (Phi) is 7.51. The minimum Gasteiger partial charge on any atom is -0.417 e. The summed E-state index contributed by atoms with van der Waals surface area (Å²) in [6.07, 6.45) is 2.44. The van der Waals surface area contributed by atoms with Crippen LogP contribution in [-0.2, 0) is 4.43 Å². The molecule has 0 aromatic carbocycles. The van der Waals surface area contributed by atoms with Crippen LogP contribution in [0.4, 0.5) is 0 Å². The topological polar surface area (TPSA) is 9.23 Å². The van der Waals surface area contributed by atoms with Gasteiger partial charge in [0.05, 0.1) is 0 Å². The molecule has 0 aromatic heterocycles. The highest BCUT2D eigenvalue weighted by atomic mass is 28.4. The van der Waals surface area contributed by atoms with Crippen molar-refractivity contribution in [3.63, 3.8) is 0 Å². The van der Waals surface area contributed by atoms with Crippen molar-refractivity contribution in [2.75, 3.05) is 6.61 Å². The van der Waals surface area contributed by atoms with Gasteiger partial charge in [0.1, 0.15) is 8.07 Å². The van der Waals surface area contributed by atoms with Crippen molar-refractivity contribution in [3.8, 4) is 11.5 Å². The van der Waals surface area contributed by atoms with E-state index in [0.717, 1.165) is 29.1 Å². The Morgan fingerprint density at radius 1 is 1.00 bits per heavy atom. The van der Waals surface area contributed by atoms with Crippen molar-refractivity contribution in [2.45, 2.75) is 117 Å². The average Bonchev–Trinajstić information content (AvgIpc) is 3.07. The first-order valence-electron chi connectivity index (χ1n) is 10.8. The smallest absolute Gasteiger partial charge is 0.191 e. The molecule has 152 valence electrons. The molecule has 1 rings (SSSR count). The summed E-state index contributed by atoms with van der Waals surface area (Å²) in [6.45, 7) is 29.4. The van der Waals surface area contributed by atoms with E-state index in [1.807, 2.05) is 0 Å². The molecule has 0 spiro atoms. The van der Waals surface area contributed by atoms with Crippen LogP contribution in [0.5, 0.6) is 0 Å². The summed E-state index contributed by atoms with van der Waals surface area (Å²) in [5, 5.41) is 0.302. The molecule has 0 unspecified atom stereocenters. The molecular weight excluding hydrogens is 348 g/mol. The number of hydrogen-bond acceptors (Lipinski definition) is 1. The van der Waals surface area contributed by atoms with Crippen LogP contribution in [-0.4, -0.2) is 23.0 Å². The molecule has 0 aliphatic heterocycles. The van der Waals surface area contributed by atoms with Gasteiger partial charge in [0.15, 0.2) is 8.32 Å².